The molecule has 24 heavy (non-hydrogen) atoms. The maximum absolute atomic E-state index is 12.3. The number of fused-ring (bicyclic) bond motifs is 1. The van der Waals surface area contributed by atoms with Gasteiger partial charge in [-0.3, -0.25) is 0 Å². The molecule has 1 aromatic rings. The summed E-state index contributed by atoms with van der Waals surface area (Å²) in [5, 5.41) is 3.60. The second-order valence-corrected chi connectivity index (χ2v) is 7.67. The molecule has 1 N–H and O–H groups in total. The van der Waals surface area contributed by atoms with Crippen molar-refractivity contribution in [3.8, 4) is 0 Å². The Balaban J connectivity index is 1.66. The number of carbonyl (C=O) groups excluding carboxylic acids is 1. The van der Waals surface area contributed by atoms with Gasteiger partial charge in [0.25, 0.3) is 0 Å². The lowest BCUT2D eigenvalue weighted by Gasteiger charge is -2.32. The number of nitrogens with zero attached hydrogens (tertiary/aromatic N) is 1. The fourth-order valence-corrected chi connectivity index (χ4v) is 3.21. The van der Waals surface area contributed by atoms with Gasteiger partial charge in [-0.2, -0.15) is 0 Å². The summed E-state index contributed by atoms with van der Waals surface area (Å²) >= 11 is 0. The van der Waals surface area contributed by atoms with Gasteiger partial charge in [0.15, 0.2) is 0 Å². The van der Waals surface area contributed by atoms with Crippen LogP contribution in [0.25, 0.3) is 0 Å². The molecule has 0 aliphatic carbocycles. The molecule has 5 heteroatoms. The molecule has 2 aliphatic heterocycles. The van der Waals surface area contributed by atoms with E-state index in [0.717, 1.165) is 38.2 Å². The van der Waals surface area contributed by atoms with Crippen LogP contribution >= 0.6 is 0 Å². The summed E-state index contributed by atoms with van der Waals surface area (Å²) in [4.78, 5) is 14.1. The lowest BCUT2D eigenvalue weighted by atomic mass is 9.99. The first kappa shape index (κ1) is 17.1. The predicted molar refractivity (Wildman–Crippen MR) is 94.3 cm³/mol. The number of anilines is 1. The van der Waals surface area contributed by atoms with Crippen LogP contribution in [0.5, 0.6) is 0 Å². The number of nitrogens with one attached hydrogen (secondary N) is 1. The van der Waals surface area contributed by atoms with E-state index in [4.69, 9.17) is 9.47 Å². The number of ether oxygens (including phenoxy) is 2. The summed E-state index contributed by atoms with van der Waals surface area (Å²) in [5.74, 6) is 0. The molecule has 0 atom stereocenters. The van der Waals surface area contributed by atoms with Gasteiger partial charge in [0.2, 0.25) is 0 Å². The van der Waals surface area contributed by atoms with Gasteiger partial charge in [-0.1, -0.05) is 6.07 Å². The highest BCUT2D eigenvalue weighted by atomic mass is 16.6. The lowest BCUT2D eigenvalue weighted by Crippen LogP contribution is -2.39. The average Bonchev–Trinajstić information content (AvgIpc) is 2.53. The minimum absolute atomic E-state index is 0.226. The summed E-state index contributed by atoms with van der Waals surface area (Å²) in [6.45, 7) is 8.70. The van der Waals surface area contributed by atoms with Crippen molar-refractivity contribution in [2.75, 3.05) is 25.1 Å². The van der Waals surface area contributed by atoms with E-state index >= 15 is 0 Å². The molecule has 0 aromatic heterocycles. The Morgan fingerprint density at radius 2 is 2.00 bits per heavy atom. The zero-order chi connectivity index (χ0) is 17.2. The van der Waals surface area contributed by atoms with E-state index in [1.165, 1.54) is 11.1 Å². The van der Waals surface area contributed by atoms with Gasteiger partial charge in [0, 0.05) is 38.0 Å². The third-order valence-corrected chi connectivity index (χ3v) is 4.46. The van der Waals surface area contributed by atoms with Gasteiger partial charge < -0.3 is 19.7 Å². The molecular formula is C19H28N2O3. The number of amides is 1. The number of benzene rings is 1. The average molecular weight is 332 g/mol. The van der Waals surface area contributed by atoms with E-state index in [-0.39, 0.29) is 6.09 Å². The van der Waals surface area contributed by atoms with Crippen LogP contribution < -0.4 is 5.32 Å². The molecule has 0 unspecified atom stereocenters. The van der Waals surface area contributed by atoms with Gasteiger partial charge in [-0.15, -0.1) is 0 Å². The van der Waals surface area contributed by atoms with E-state index in [1.807, 2.05) is 20.8 Å². The smallest absolute Gasteiger partial charge is 0.410 e. The standard InChI is InChI=1S/C19H28N2O3/c1-19(2,3)24-18(22)21-9-6-14-4-5-17(12-15(14)13-21)20-16-7-10-23-11-8-16/h4-5,12,16,20H,6-11,13H2,1-3H3. The zero-order valence-electron chi connectivity index (χ0n) is 14.9. The fourth-order valence-electron chi connectivity index (χ4n) is 3.21. The van der Waals surface area contributed by atoms with Gasteiger partial charge in [-0.25, -0.2) is 4.79 Å². The Morgan fingerprint density at radius 3 is 2.71 bits per heavy atom. The van der Waals surface area contributed by atoms with Crippen LogP contribution in [0.3, 0.4) is 0 Å². The van der Waals surface area contributed by atoms with Gasteiger partial charge in [0.1, 0.15) is 5.60 Å². The van der Waals surface area contributed by atoms with Crippen molar-refractivity contribution >= 4 is 11.8 Å². The summed E-state index contributed by atoms with van der Waals surface area (Å²) in [7, 11) is 0. The molecule has 0 bridgehead atoms. The molecule has 1 fully saturated rings. The number of hydrogen-bond donors (Lipinski definition) is 1. The topological polar surface area (TPSA) is 50.8 Å². The van der Waals surface area contributed by atoms with E-state index in [0.29, 0.717) is 19.1 Å². The highest BCUT2D eigenvalue weighted by Crippen LogP contribution is 2.25. The van der Waals surface area contributed by atoms with Crippen LogP contribution in [0.2, 0.25) is 0 Å². The molecule has 0 radical (unpaired) electrons. The predicted octanol–water partition coefficient (Wildman–Crippen LogP) is 3.57. The van der Waals surface area contributed by atoms with Gasteiger partial charge >= 0.3 is 6.09 Å². The first-order valence-corrected chi connectivity index (χ1v) is 8.85. The Hall–Kier alpha value is -1.75. The molecule has 1 aromatic carbocycles. The van der Waals surface area contributed by atoms with Crippen LogP contribution in [-0.4, -0.2) is 42.4 Å². The minimum atomic E-state index is -0.455. The second-order valence-electron chi connectivity index (χ2n) is 7.67. The van der Waals surface area contributed by atoms with Gasteiger partial charge in [-0.05, 0) is 63.3 Å². The molecule has 5 nitrogen and oxygen atoms in total. The summed E-state index contributed by atoms with van der Waals surface area (Å²) in [6.07, 6.45) is 2.74. The molecule has 2 aliphatic rings. The maximum Gasteiger partial charge on any atom is 0.410 e. The molecule has 0 spiro atoms. The van der Waals surface area contributed by atoms with Crippen LogP contribution in [0.4, 0.5) is 10.5 Å². The van der Waals surface area contributed by atoms with E-state index in [9.17, 15) is 4.79 Å². The van der Waals surface area contributed by atoms with Crippen LogP contribution in [-0.2, 0) is 22.4 Å². The van der Waals surface area contributed by atoms with Crippen LogP contribution in [0.15, 0.2) is 18.2 Å². The van der Waals surface area contributed by atoms with E-state index in [1.54, 1.807) is 4.90 Å². The molecule has 3 rings (SSSR count). The maximum atomic E-state index is 12.3. The third kappa shape index (κ3) is 4.41. The number of carbonyl (C=O) groups is 1. The normalized spacial score (nSPS) is 18.9. The van der Waals surface area contributed by atoms with Crippen molar-refractivity contribution in [3.05, 3.63) is 29.3 Å². The summed E-state index contributed by atoms with van der Waals surface area (Å²) in [5.41, 5.74) is 3.22. The monoisotopic (exact) mass is 332 g/mol. The molecular weight excluding hydrogens is 304 g/mol. The molecule has 2 heterocycles. The second kappa shape index (κ2) is 7.01. The largest absolute Gasteiger partial charge is 0.444 e. The Kier molecular flexibility index (Phi) is 4.99. The molecule has 1 amide bonds. The first-order chi connectivity index (χ1) is 11.4. The first-order valence-electron chi connectivity index (χ1n) is 8.85. The lowest BCUT2D eigenvalue weighted by molar-refractivity contribution is 0.0224. The van der Waals surface area contributed by atoms with Crippen molar-refractivity contribution in [2.24, 2.45) is 0 Å². The van der Waals surface area contributed by atoms with Crippen molar-refractivity contribution in [3.63, 3.8) is 0 Å². The SMILES string of the molecule is CC(C)(C)OC(=O)N1CCc2ccc(NC3CCOCC3)cc2C1. The molecule has 132 valence electrons. The minimum Gasteiger partial charge on any atom is -0.444 e. The Labute approximate surface area is 144 Å². The number of hydrogen-bond acceptors (Lipinski definition) is 4. The van der Waals surface area contributed by atoms with Gasteiger partial charge in [0.05, 0.1) is 0 Å². The summed E-state index contributed by atoms with van der Waals surface area (Å²) in [6, 6.07) is 6.99. The fraction of sp³-hybridized carbons (Fsp3) is 0.632. The highest BCUT2D eigenvalue weighted by Gasteiger charge is 2.26. The van der Waals surface area contributed by atoms with Crippen LogP contribution in [0.1, 0.15) is 44.7 Å². The van der Waals surface area contributed by atoms with E-state index in [2.05, 4.69) is 23.5 Å². The van der Waals surface area contributed by atoms with Crippen molar-refractivity contribution < 1.29 is 14.3 Å². The highest BCUT2D eigenvalue weighted by molar-refractivity contribution is 5.69. The molecule has 1 saturated heterocycles. The Morgan fingerprint density at radius 1 is 1.25 bits per heavy atom. The quantitative estimate of drug-likeness (QED) is 0.899. The summed E-state index contributed by atoms with van der Waals surface area (Å²) < 4.78 is 10.9. The third-order valence-electron chi connectivity index (χ3n) is 4.46. The zero-order valence-corrected chi connectivity index (χ0v) is 14.9. The molecule has 0 saturated carbocycles. The van der Waals surface area contributed by atoms with E-state index < -0.39 is 5.60 Å². The van der Waals surface area contributed by atoms with Crippen molar-refractivity contribution in [1.82, 2.24) is 4.90 Å². The number of rotatable bonds is 2. The van der Waals surface area contributed by atoms with Crippen LogP contribution in [0, 0.1) is 0 Å². The Bertz CT molecular complexity index is 589. The van der Waals surface area contributed by atoms with Crippen molar-refractivity contribution in [2.45, 2.75) is 58.2 Å². The van der Waals surface area contributed by atoms with Crippen molar-refractivity contribution in [1.29, 1.82) is 0 Å².